The second kappa shape index (κ2) is 9.59. The Morgan fingerprint density at radius 3 is 2.74 bits per heavy atom. The summed E-state index contributed by atoms with van der Waals surface area (Å²) >= 11 is 0. The maximum absolute atomic E-state index is 4.37. The average Bonchev–Trinajstić information content (AvgIpc) is 3.12. The normalized spacial score (nSPS) is 12.6. The van der Waals surface area contributed by atoms with Gasteiger partial charge in [0.2, 0.25) is 0 Å². The maximum atomic E-state index is 4.37. The molecule has 0 fully saturated rings. The van der Waals surface area contributed by atoms with Gasteiger partial charge in [-0.3, -0.25) is 9.67 Å². The molecule has 2 aromatic rings. The molecule has 2 aromatic heterocycles. The molecular weight excluding hydrogens is 403 g/mol. The molecule has 128 valence electrons. The lowest BCUT2D eigenvalue weighted by Gasteiger charge is -2.24. The van der Waals surface area contributed by atoms with Gasteiger partial charge in [-0.15, -0.1) is 24.0 Å². The monoisotopic (exact) mass is 430 g/mol. The Bertz CT molecular complexity index is 589. The number of halogens is 1. The lowest BCUT2D eigenvalue weighted by molar-refractivity contribution is 0.419. The van der Waals surface area contributed by atoms with Gasteiger partial charge >= 0.3 is 0 Å². The molecule has 2 heterocycles. The third-order valence-electron chi connectivity index (χ3n) is 3.69. The van der Waals surface area contributed by atoms with Crippen molar-refractivity contribution in [3.8, 4) is 0 Å². The Labute approximate surface area is 155 Å². The summed E-state index contributed by atoms with van der Waals surface area (Å²) in [7, 11) is 5.94. The van der Waals surface area contributed by atoms with E-state index in [4.69, 9.17) is 0 Å². The lowest BCUT2D eigenvalue weighted by atomic mass is 10.2. The number of hydrogen-bond acceptors (Lipinski definition) is 2. The minimum atomic E-state index is 0. The zero-order chi connectivity index (χ0) is 15.9. The summed E-state index contributed by atoms with van der Waals surface area (Å²) in [6.45, 7) is 4.80. The van der Waals surface area contributed by atoms with E-state index in [1.807, 2.05) is 30.2 Å². The second-order valence-electron chi connectivity index (χ2n) is 5.73. The Balaban J connectivity index is 0.00000264. The summed E-state index contributed by atoms with van der Waals surface area (Å²) in [5, 5.41) is 7.68. The van der Waals surface area contributed by atoms with Crippen molar-refractivity contribution in [1.82, 2.24) is 24.6 Å². The average molecular weight is 430 g/mol. The van der Waals surface area contributed by atoms with Crippen molar-refractivity contribution in [1.29, 1.82) is 0 Å². The predicted octanol–water partition coefficient (Wildman–Crippen LogP) is 2.18. The molecule has 1 atom stereocenters. The number of aryl methyl sites for hydroxylation is 1. The molecule has 1 unspecified atom stereocenters. The van der Waals surface area contributed by atoms with E-state index in [0.717, 1.165) is 25.6 Å². The first kappa shape index (κ1) is 19.5. The Kier molecular flexibility index (Phi) is 8.15. The Morgan fingerprint density at radius 2 is 2.17 bits per heavy atom. The third-order valence-corrected chi connectivity index (χ3v) is 3.69. The summed E-state index contributed by atoms with van der Waals surface area (Å²) in [6, 6.07) is 6.14. The highest BCUT2D eigenvalue weighted by Crippen LogP contribution is 2.04. The molecule has 0 aliphatic heterocycles. The topological polar surface area (TPSA) is 50.4 Å². The molecule has 0 aliphatic rings. The highest BCUT2D eigenvalue weighted by Gasteiger charge is 2.10. The van der Waals surface area contributed by atoms with Gasteiger partial charge in [0.1, 0.15) is 0 Å². The van der Waals surface area contributed by atoms with Crippen molar-refractivity contribution in [2.45, 2.75) is 20.0 Å². The van der Waals surface area contributed by atoms with Crippen molar-refractivity contribution < 1.29 is 0 Å². The van der Waals surface area contributed by atoms with E-state index in [-0.39, 0.29) is 24.0 Å². The number of hydrogen-bond donors (Lipinski definition) is 1. The van der Waals surface area contributed by atoms with Gasteiger partial charge in [-0.05, 0) is 24.1 Å². The standard InChI is InChI=1S/C16H26N6.HI/c1-14(12-22-10-6-8-19-22)11-18-16(17-2)21(4)13-15-7-5-9-20(15)3;/h5-10,14H,11-13H2,1-4H3,(H,17,18);1H. The summed E-state index contributed by atoms with van der Waals surface area (Å²) in [4.78, 5) is 6.50. The largest absolute Gasteiger partial charge is 0.356 e. The molecule has 0 spiro atoms. The van der Waals surface area contributed by atoms with Crippen LogP contribution in [0.3, 0.4) is 0 Å². The van der Waals surface area contributed by atoms with Crippen LogP contribution in [0.5, 0.6) is 0 Å². The molecule has 23 heavy (non-hydrogen) atoms. The summed E-state index contributed by atoms with van der Waals surface area (Å²) in [5.41, 5.74) is 1.26. The van der Waals surface area contributed by atoms with Gasteiger partial charge in [0, 0.05) is 58.5 Å². The van der Waals surface area contributed by atoms with Crippen molar-refractivity contribution in [3.63, 3.8) is 0 Å². The van der Waals surface area contributed by atoms with Gasteiger partial charge < -0.3 is 14.8 Å². The van der Waals surface area contributed by atoms with Gasteiger partial charge in [-0.25, -0.2) is 0 Å². The number of rotatable bonds is 6. The third kappa shape index (κ3) is 5.89. The molecule has 0 saturated carbocycles. The first-order chi connectivity index (χ1) is 10.6. The Hall–Kier alpha value is -1.51. The predicted molar refractivity (Wildman–Crippen MR) is 105 cm³/mol. The zero-order valence-corrected chi connectivity index (χ0v) is 16.6. The van der Waals surface area contributed by atoms with Crippen molar-refractivity contribution >= 4 is 29.9 Å². The van der Waals surface area contributed by atoms with Crippen LogP contribution in [0.4, 0.5) is 0 Å². The zero-order valence-electron chi connectivity index (χ0n) is 14.3. The van der Waals surface area contributed by atoms with Gasteiger partial charge in [0.15, 0.2) is 5.96 Å². The van der Waals surface area contributed by atoms with Crippen LogP contribution in [-0.2, 0) is 20.1 Å². The van der Waals surface area contributed by atoms with Crippen LogP contribution in [0.2, 0.25) is 0 Å². The van der Waals surface area contributed by atoms with Gasteiger partial charge in [0.25, 0.3) is 0 Å². The molecule has 0 aliphatic carbocycles. The van der Waals surface area contributed by atoms with Crippen LogP contribution in [0.1, 0.15) is 12.6 Å². The molecule has 2 rings (SSSR count). The SMILES string of the molecule is CN=C(NCC(C)Cn1cccn1)N(C)Cc1cccn1C.I. The minimum absolute atomic E-state index is 0. The van der Waals surface area contributed by atoms with E-state index in [1.54, 1.807) is 0 Å². The summed E-state index contributed by atoms with van der Waals surface area (Å²) < 4.78 is 4.09. The van der Waals surface area contributed by atoms with Gasteiger partial charge in [0.05, 0.1) is 6.54 Å². The van der Waals surface area contributed by atoms with Crippen molar-refractivity contribution in [2.24, 2.45) is 18.0 Å². The van der Waals surface area contributed by atoms with E-state index in [0.29, 0.717) is 5.92 Å². The Morgan fingerprint density at radius 1 is 1.39 bits per heavy atom. The van der Waals surface area contributed by atoms with Crippen LogP contribution < -0.4 is 5.32 Å². The van der Waals surface area contributed by atoms with Crippen molar-refractivity contribution in [2.75, 3.05) is 20.6 Å². The van der Waals surface area contributed by atoms with E-state index in [2.05, 4.69) is 64.2 Å². The number of aliphatic imine (C=N–C) groups is 1. The van der Waals surface area contributed by atoms with E-state index in [9.17, 15) is 0 Å². The van der Waals surface area contributed by atoms with E-state index in [1.165, 1.54) is 5.69 Å². The quantitative estimate of drug-likeness (QED) is 0.434. The molecule has 6 nitrogen and oxygen atoms in total. The smallest absolute Gasteiger partial charge is 0.193 e. The maximum Gasteiger partial charge on any atom is 0.193 e. The van der Waals surface area contributed by atoms with Crippen LogP contribution in [0.25, 0.3) is 0 Å². The van der Waals surface area contributed by atoms with E-state index < -0.39 is 0 Å². The molecule has 0 saturated heterocycles. The molecule has 0 aromatic carbocycles. The molecule has 0 radical (unpaired) electrons. The highest BCUT2D eigenvalue weighted by atomic mass is 127. The second-order valence-corrected chi connectivity index (χ2v) is 5.73. The summed E-state index contributed by atoms with van der Waals surface area (Å²) in [6.07, 6.45) is 5.87. The van der Waals surface area contributed by atoms with Crippen LogP contribution in [0, 0.1) is 5.92 Å². The summed E-state index contributed by atoms with van der Waals surface area (Å²) in [5.74, 6) is 1.38. The van der Waals surface area contributed by atoms with Crippen LogP contribution in [0.15, 0.2) is 41.8 Å². The minimum Gasteiger partial charge on any atom is -0.356 e. The molecule has 7 heteroatoms. The number of nitrogens with one attached hydrogen (secondary N) is 1. The first-order valence-electron chi connectivity index (χ1n) is 7.59. The molecular formula is C16H27IN6. The molecule has 0 amide bonds. The molecule has 1 N–H and O–H groups in total. The lowest BCUT2D eigenvalue weighted by Crippen LogP contribution is -2.41. The first-order valence-corrected chi connectivity index (χ1v) is 7.59. The van der Waals surface area contributed by atoms with Gasteiger partial charge in [-0.2, -0.15) is 5.10 Å². The van der Waals surface area contributed by atoms with Crippen molar-refractivity contribution in [3.05, 3.63) is 42.5 Å². The fourth-order valence-corrected chi connectivity index (χ4v) is 2.42. The van der Waals surface area contributed by atoms with E-state index >= 15 is 0 Å². The fraction of sp³-hybridized carbons (Fsp3) is 0.500. The molecule has 0 bridgehead atoms. The van der Waals surface area contributed by atoms with Gasteiger partial charge in [-0.1, -0.05) is 6.92 Å². The number of nitrogens with zero attached hydrogens (tertiary/aromatic N) is 5. The number of aromatic nitrogens is 3. The van der Waals surface area contributed by atoms with Crippen LogP contribution >= 0.6 is 24.0 Å². The highest BCUT2D eigenvalue weighted by molar-refractivity contribution is 14.0. The number of guanidine groups is 1. The van der Waals surface area contributed by atoms with Crippen LogP contribution in [-0.4, -0.2) is 45.8 Å². The fourth-order valence-electron chi connectivity index (χ4n) is 2.42.